The second kappa shape index (κ2) is 3.53. The summed E-state index contributed by atoms with van der Waals surface area (Å²) < 4.78 is 5.66. The number of rotatable bonds is 2. The normalized spacial score (nSPS) is 43.3. The van der Waals surface area contributed by atoms with Crippen LogP contribution in [0.25, 0.3) is 0 Å². The Hall–Kier alpha value is -2.17. The fourth-order valence-electron chi connectivity index (χ4n) is 2.77. The Bertz CT molecular complexity index is 645. The fraction of sp³-hybridized carbons (Fsp3) is 0.545. The molecule has 4 unspecified atom stereocenters. The zero-order valence-corrected chi connectivity index (χ0v) is 10.7. The minimum atomic E-state index is -1.32. The van der Waals surface area contributed by atoms with Crippen molar-refractivity contribution in [3.63, 3.8) is 0 Å². The maximum absolute atomic E-state index is 12.0. The second-order valence-corrected chi connectivity index (χ2v) is 5.33. The fourth-order valence-corrected chi connectivity index (χ4v) is 2.77. The topological polar surface area (TPSA) is 153 Å². The third-order valence-corrected chi connectivity index (χ3v) is 4.17. The monoisotopic (exact) mass is 295 g/mol. The maximum atomic E-state index is 12.0. The Kier molecular flexibility index (Phi) is 2.11. The lowest BCUT2D eigenvalue weighted by Crippen LogP contribution is -2.57. The third-order valence-electron chi connectivity index (χ3n) is 4.17. The summed E-state index contributed by atoms with van der Waals surface area (Å²) in [5.74, 6) is 0.105. The number of nitrogens with two attached hydrogens (primary N) is 1. The van der Waals surface area contributed by atoms with E-state index < -0.39 is 36.1 Å². The molecular weight excluding hydrogens is 282 g/mol. The molecule has 0 aromatic heterocycles. The summed E-state index contributed by atoms with van der Waals surface area (Å²) >= 11 is 0. The first kappa shape index (κ1) is 12.6. The highest BCUT2D eigenvalue weighted by molar-refractivity contribution is 6.03. The van der Waals surface area contributed by atoms with Gasteiger partial charge in [0.15, 0.2) is 11.5 Å². The van der Waals surface area contributed by atoms with Crippen molar-refractivity contribution in [2.45, 2.75) is 23.5 Å². The predicted octanol–water partition coefficient (Wildman–Crippen LogP) is -3.18. The summed E-state index contributed by atoms with van der Waals surface area (Å²) in [6.45, 7) is -0.541. The van der Waals surface area contributed by atoms with Crippen LogP contribution in [0.2, 0.25) is 0 Å². The lowest BCUT2D eigenvalue weighted by atomic mass is 9.95. The van der Waals surface area contributed by atoms with Gasteiger partial charge in [-0.3, -0.25) is 10.2 Å². The van der Waals surface area contributed by atoms with Crippen LogP contribution in [0.3, 0.4) is 0 Å². The number of aliphatic imine (C=N–C) groups is 2. The zero-order valence-electron chi connectivity index (χ0n) is 10.7. The van der Waals surface area contributed by atoms with Crippen LogP contribution in [0.1, 0.15) is 0 Å². The standard InChI is InChI=1S/C11H13N5O5/c12-8-13-3-16(9(20)14-8)11-1-4(11)5(18)6(19)10(2-17)7(15-10)21-11/h1,5-6,17-19H,2-3H2,(H3,12,13,14,20). The molecule has 4 atom stereocenters. The van der Waals surface area contributed by atoms with E-state index in [0.717, 1.165) is 0 Å². The van der Waals surface area contributed by atoms with E-state index in [1.54, 1.807) is 0 Å². The number of aliphatic hydroxyl groups is 3. The number of carbonyl (C=O) groups is 1. The number of urea groups is 1. The largest absolute Gasteiger partial charge is 0.444 e. The molecule has 0 saturated carbocycles. The summed E-state index contributed by atoms with van der Waals surface area (Å²) in [7, 11) is 0. The van der Waals surface area contributed by atoms with Crippen molar-refractivity contribution < 1.29 is 24.9 Å². The maximum Gasteiger partial charge on any atom is 0.329 e. The molecule has 0 spiro atoms. The third kappa shape index (κ3) is 1.38. The van der Waals surface area contributed by atoms with Gasteiger partial charge in [-0.25, -0.2) is 14.8 Å². The molecule has 0 bridgehead atoms. The molecule has 0 aromatic carbocycles. The van der Waals surface area contributed by atoms with Crippen LogP contribution in [-0.2, 0) is 4.74 Å². The molecule has 4 aliphatic rings. The van der Waals surface area contributed by atoms with Crippen molar-refractivity contribution in [1.29, 1.82) is 0 Å². The van der Waals surface area contributed by atoms with Gasteiger partial charge in [-0.15, -0.1) is 0 Å². The molecule has 1 saturated heterocycles. The van der Waals surface area contributed by atoms with Crippen molar-refractivity contribution >= 4 is 17.9 Å². The smallest absolute Gasteiger partial charge is 0.329 e. The first-order valence-electron chi connectivity index (χ1n) is 6.33. The van der Waals surface area contributed by atoms with Crippen molar-refractivity contribution in [3.05, 3.63) is 11.6 Å². The van der Waals surface area contributed by atoms with Gasteiger partial charge in [-0.05, 0) is 6.08 Å². The van der Waals surface area contributed by atoms with E-state index in [0.29, 0.717) is 5.57 Å². The number of ether oxygens (including phenoxy) is 1. The highest BCUT2D eigenvalue weighted by atomic mass is 16.6. The van der Waals surface area contributed by atoms with Crippen LogP contribution in [0, 0.1) is 0 Å². The minimum Gasteiger partial charge on any atom is -0.444 e. The molecule has 112 valence electrons. The summed E-state index contributed by atoms with van der Waals surface area (Å²) in [5, 5.41) is 32.0. The van der Waals surface area contributed by atoms with Crippen LogP contribution in [-0.4, -0.2) is 74.9 Å². The first-order chi connectivity index (χ1) is 9.94. The van der Waals surface area contributed by atoms with Crippen LogP contribution in [0.5, 0.6) is 0 Å². The van der Waals surface area contributed by atoms with E-state index in [2.05, 4.69) is 15.3 Å². The SMILES string of the molecule is NC1=NCN(C23C=C2C(O)C(O)C2(CO)N=C2O3)C(=O)N1. The Labute approximate surface area is 118 Å². The van der Waals surface area contributed by atoms with Crippen molar-refractivity contribution in [2.75, 3.05) is 13.3 Å². The number of fused-ring (bicyclic) bond motifs is 2. The van der Waals surface area contributed by atoms with Gasteiger partial charge < -0.3 is 25.8 Å². The molecule has 3 heterocycles. The molecule has 1 fully saturated rings. The molecule has 21 heavy (non-hydrogen) atoms. The van der Waals surface area contributed by atoms with Gasteiger partial charge in [0.1, 0.15) is 18.9 Å². The molecule has 10 nitrogen and oxygen atoms in total. The lowest BCUT2D eigenvalue weighted by Gasteiger charge is -2.33. The Morgan fingerprint density at radius 2 is 2.33 bits per heavy atom. The number of carbonyl (C=O) groups excluding carboxylic acids is 1. The van der Waals surface area contributed by atoms with E-state index in [-0.39, 0.29) is 18.5 Å². The van der Waals surface area contributed by atoms with Gasteiger partial charge in [-0.1, -0.05) is 0 Å². The molecule has 10 heteroatoms. The Balaban J connectivity index is 1.67. The predicted molar refractivity (Wildman–Crippen MR) is 68.0 cm³/mol. The first-order valence-corrected chi connectivity index (χ1v) is 6.33. The molecular formula is C11H13N5O5. The van der Waals surface area contributed by atoms with Crippen LogP contribution >= 0.6 is 0 Å². The average Bonchev–Trinajstić information content (AvgIpc) is 3.33. The molecule has 2 amide bonds. The number of amides is 2. The summed E-state index contributed by atoms with van der Waals surface area (Å²) in [4.78, 5) is 21.1. The van der Waals surface area contributed by atoms with Crippen LogP contribution in [0.4, 0.5) is 4.79 Å². The van der Waals surface area contributed by atoms with Crippen LogP contribution in [0.15, 0.2) is 21.6 Å². The number of nitrogens with one attached hydrogen (secondary N) is 1. The zero-order chi connectivity index (χ0) is 15.0. The highest BCUT2D eigenvalue weighted by Crippen LogP contribution is 2.53. The van der Waals surface area contributed by atoms with Crippen molar-refractivity contribution in [2.24, 2.45) is 15.7 Å². The van der Waals surface area contributed by atoms with Gasteiger partial charge in [0.25, 0.3) is 0 Å². The summed E-state index contributed by atoms with van der Waals surface area (Å²) in [6.07, 6.45) is -1.11. The molecule has 3 aliphatic heterocycles. The summed E-state index contributed by atoms with van der Waals surface area (Å²) in [6, 6.07) is -0.534. The van der Waals surface area contributed by atoms with Gasteiger partial charge in [-0.2, -0.15) is 0 Å². The van der Waals surface area contributed by atoms with E-state index in [1.807, 2.05) is 0 Å². The molecule has 6 N–H and O–H groups in total. The van der Waals surface area contributed by atoms with Gasteiger partial charge >= 0.3 is 6.03 Å². The van der Waals surface area contributed by atoms with E-state index in [1.165, 1.54) is 11.0 Å². The second-order valence-electron chi connectivity index (χ2n) is 5.33. The van der Waals surface area contributed by atoms with E-state index in [9.17, 15) is 20.1 Å². The number of aliphatic hydroxyl groups excluding tert-OH is 3. The number of guanidine groups is 1. The van der Waals surface area contributed by atoms with Crippen molar-refractivity contribution in [1.82, 2.24) is 10.2 Å². The lowest BCUT2D eigenvalue weighted by molar-refractivity contribution is -0.0000469. The molecule has 4 rings (SSSR count). The van der Waals surface area contributed by atoms with Gasteiger partial charge in [0.2, 0.25) is 11.6 Å². The van der Waals surface area contributed by atoms with Crippen molar-refractivity contribution in [3.8, 4) is 0 Å². The molecule has 0 radical (unpaired) electrons. The summed E-state index contributed by atoms with van der Waals surface area (Å²) in [5.41, 5.74) is 3.14. The molecule has 0 aromatic rings. The van der Waals surface area contributed by atoms with E-state index >= 15 is 0 Å². The average molecular weight is 295 g/mol. The Morgan fingerprint density at radius 1 is 1.57 bits per heavy atom. The quantitative estimate of drug-likeness (QED) is 0.338. The number of hydrogen-bond acceptors (Lipinski definition) is 8. The van der Waals surface area contributed by atoms with Gasteiger partial charge in [0, 0.05) is 5.57 Å². The Morgan fingerprint density at radius 3 is 3.00 bits per heavy atom. The number of nitrogens with zero attached hydrogens (tertiary/aromatic N) is 3. The highest BCUT2D eigenvalue weighted by Gasteiger charge is 2.70. The number of hydrogen-bond donors (Lipinski definition) is 5. The van der Waals surface area contributed by atoms with Gasteiger partial charge in [0.05, 0.1) is 6.61 Å². The van der Waals surface area contributed by atoms with Crippen LogP contribution < -0.4 is 11.1 Å². The van der Waals surface area contributed by atoms with E-state index in [4.69, 9.17) is 10.5 Å². The minimum absolute atomic E-state index is 0.00229. The molecule has 1 aliphatic carbocycles.